The normalized spacial score (nSPS) is 11.3. The summed E-state index contributed by atoms with van der Waals surface area (Å²) in [6.45, 7) is 3.84. The molecule has 2 heterocycles. The lowest BCUT2D eigenvalue weighted by Gasteiger charge is -2.16. The van der Waals surface area contributed by atoms with Crippen molar-refractivity contribution in [3.8, 4) is 11.1 Å². The molecule has 154 valence electrons. The fourth-order valence-electron chi connectivity index (χ4n) is 3.88. The highest BCUT2D eigenvalue weighted by Crippen LogP contribution is 2.38. The molecule has 0 bridgehead atoms. The monoisotopic (exact) mass is 405 g/mol. The number of aryl methyl sites for hydroxylation is 2. The van der Waals surface area contributed by atoms with Crippen LogP contribution in [-0.2, 0) is 11.2 Å². The third-order valence-electron chi connectivity index (χ3n) is 5.56. The Kier molecular flexibility index (Phi) is 5.18. The number of carbonyl (C=O) groups is 1. The first-order valence-corrected chi connectivity index (χ1v) is 9.79. The Morgan fingerprint density at radius 2 is 1.87 bits per heavy atom. The van der Waals surface area contributed by atoms with Gasteiger partial charge in [-0.05, 0) is 36.6 Å². The zero-order valence-electron chi connectivity index (χ0n) is 17.2. The van der Waals surface area contributed by atoms with E-state index in [1.54, 1.807) is 13.3 Å². The minimum atomic E-state index is -0.528. The van der Waals surface area contributed by atoms with Gasteiger partial charge in [-0.25, -0.2) is 4.79 Å². The molecule has 0 saturated carbocycles. The van der Waals surface area contributed by atoms with Gasteiger partial charge in [0.25, 0.3) is 0 Å². The summed E-state index contributed by atoms with van der Waals surface area (Å²) in [5, 5.41) is 10.7. The Balaban J connectivity index is 1.93. The molecule has 0 aliphatic heterocycles. The summed E-state index contributed by atoms with van der Waals surface area (Å²) in [5.41, 5.74) is 4.48. The van der Waals surface area contributed by atoms with Gasteiger partial charge in [0.15, 0.2) is 0 Å². The van der Waals surface area contributed by atoms with Crippen LogP contribution in [-0.4, -0.2) is 36.1 Å². The zero-order valence-corrected chi connectivity index (χ0v) is 17.2. The van der Waals surface area contributed by atoms with Crippen LogP contribution >= 0.6 is 0 Å². The van der Waals surface area contributed by atoms with E-state index < -0.39 is 5.63 Å². The van der Waals surface area contributed by atoms with Gasteiger partial charge in [0.1, 0.15) is 11.2 Å². The third-order valence-corrected chi connectivity index (χ3v) is 5.56. The van der Waals surface area contributed by atoms with E-state index in [-0.39, 0.29) is 25.5 Å². The van der Waals surface area contributed by atoms with Crippen LogP contribution in [0.15, 0.2) is 56.3 Å². The molecule has 0 aliphatic rings. The lowest BCUT2D eigenvalue weighted by molar-refractivity contribution is -0.129. The molecule has 4 rings (SSSR count). The van der Waals surface area contributed by atoms with E-state index in [9.17, 15) is 9.59 Å². The van der Waals surface area contributed by atoms with Crippen LogP contribution in [0.25, 0.3) is 33.1 Å². The molecule has 1 amide bonds. The number of fused-ring (bicyclic) bond motifs is 3. The van der Waals surface area contributed by atoms with Crippen molar-refractivity contribution in [1.29, 1.82) is 0 Å². The fraction of sp³-hybridized carbons (Fsp3) is 0.250. The summed E-state index contributed by atoms with van der Waals surface area (Å²) in [5.74, 6) is -0.258. The average molecular weight is 405 g/mol. The van der Waals surface area contributed by atoms with Crippen molar-refractivity contribution in [3.63, 3.8) is 0 Å². The molecule has 1 N–H and O–H groups in total. The van der Waals surface area contributed by atoms with E-state index in [2.05, 4.69) is 0 Å². The molecule has 6 heteroatoms. The van der Waals surface area contributed by atoms with E-state index in [0.29, 0.717) is 27.7 Å². The minimum absolute atomic E-state index is 0.0950. The Bertz CT molecular complexity index is 1300. The first-order chi connectivity index (χ1) is 14.4. The first-order valence-electron chi connectivity index (χ1n) is 9.79. The standard InChI is InChI=1S/C24H23NO5/c1-14-11-19-22(23-21(14)18(13-29-23)16-7-5-4-6-8-16)15(2)17(24(28)30-19)12-20(27)25(3)9-10-26/h4-8,11,13,26H,9-10,12H2,1-3H3. The summed E-state index contributed by atoms with van der Waals surface area (Å²) in [4.78, 5) is 26.5. The number of furan rings is 1. The Morgan fingerprint density at radius 3 is 2.57 bits per heavy atom. The molecule has 0 radical (unpaired) electrons. The number of rotatable bonds is 5. The van der Waals surface area contributed by atoms with Gasteiger partial charge in [-0.3, -0.25) is 4.79 Å². The summed E-state index contributed by atoms with van der Waals surface area (Å²) < 4.78 is 11.6. The number of aliphatic hydroxyl groups excluding tert-OH is 1. The van der Waals surface area contributed by atoms with E-state index in [1.807, 2.05) is 50.2 Å². The molecule has 0 aliphatic carbocycles. The van der Waals surface area contributed by atoms with Crippen LogP contribution < -0.4 is 5.63 Å². The van der Waals surface area contributed by atoms with Crippen LogP contribution in [0.4, 0.5) is 0 Å². The highest BCUT2D eigenvalue weighted by atomic mass is 16.4. The molecule has 2 aromatic heterocycles. The molecule has 6 nitrogen and oxygen atoms in total. The second-order valence-electron chi connectivity index (χ2n) is 7.49. The smallest absolute Gasteiger partial charge is 0.340 e. The van der Waals surface area contributed by atoms with Crippen molar-refractivity contribution in [3.05, 3.63) is 69.8 Å². The number of hydrogen-bond acceptors (Lipinski definition) is 5. The fourth-order valence-corrected chi connectivity index (χ4v) is 3.88. The number of aliphatic hydroxyl groups is 1. The molecule has 2 aromatic carbocycles. The number of hydrogen-bond donors (Lipinski definition) is 1. The minimum Gasteiger partial charge on any atom is -0.463 e. The molecule has 4 aromatic rings. The summed E-state index contributed by atoms with van der Waals surface area (Å²) in [6, 6.07) is 11.8. The lowest BCUT2D eigenvalue weighted by atomic mass is 9.96. The molecule has 0 saturated heterocycles. The number of likely N-dealkylation sites (N-methyl/N-ethyl adjacent to an activating group) is 1. The predicted octanol–water partition coefficient (Wildman–Crippen LogP) is 3.82. The van der Waals surface area contributed by atoms with E-state index >= 15 is 0 Å². The summed E-state index contributed by atoms with van der Waals surface area (Å²) in [7, 11) is 1.59. The molecule has 0 fully saturated rings. The van der Waals surface area contributed by atoms with Crippen molar-refractivity contribution >= 4 is 27.8 Å². The van der Waals surface area contributed by atoms with Gasteiger partial charge in [-0.2, -0.15) is 0 Å². The molecule has 0 unspecified atom stereocenters. The number of benzene rings is 2. The van der Waals surface area contributed by atoms with E-state index in [4.69, 9.17) is 13.9 Å². The Morgan fingerprint density at radius 1 is 1.13 bits per heavy atom. The maximum absolute atomic E-state index is 12.6. The number of carbonyl (C=O) groups excluding carboxylic acids is 1. The highest BCUT2D eigenvalue weighted by molar-refractivity contribution is 6.11. The first kappa shape index (κ1) is 19.9. The van der Waals surface area contributed by atoms with E-state index in [0.717, 1.165) is 22.1 Å². The quantitative estimate of drug-likeness (QED) is 0.511. The van der Waals surface area contributed by atoms with Crippen molar-refractivity contribution in [1.82, 2.24) is 4.90 Å². The van der Waals surface area contributed by atoms with Crippen molar-refractivity contribution in [2.24, 2.45) is 0 Å². The van der Waals surface area contributed by atoms with Crippen molar-refractivity contribution < 1.29 is 18.7 Å². The zero-order chi connectivity index (χ0) is 21.4. The van der Waals surface area contributed by atoms with Gasteiger partial charge in [-0.15, -0.1) is 0 Å². The number of amides is 1. The van der Waals surface area contributed by atoms with Crippen molar-refractivity contribution in [2.45, 2.75) is 20.3 Å². The van der Waals surface area contributed by atoms with Crippen LogP contribution in [0.3, 0.4) is 0 Å². The van der Waals surface area contributed by atoms with Crippen LogP contribution in [0, 0.1) is 13.8 Å². The van der Waals surface area contributed by atoms with Gasteiger partial charge in [-0.1, -0.05) is 30.3 Å². The average Bonchev–Trinajstić information content (AvgIpc) is 3.17. The largest absolute Gasteiger partial charge is 0.463 e. The second-order valence-corrected chi connectivity index (χ2v) is 7.49. The van der Waals surface area contributed by atoms with Crippen LogP contribution in [0.5, 0.6) is 0 Å². The SMILES string of the molecule is Cc1cc2oc(=O)c(CC(=O)N(C)CCO)c(C)c2c2occ(-c3ccccc3)c12. The molecule has 30 heavy (non-hydrogen) atoms. The maximum atomic E-state index is 12.6. The molecular formula is C24H23NO5. The van der Waals surface area contributed by atoms with Crippen molar-refractivity contribution in [2.75, 3.05) is 20.2 Å². The third kappa shape index (κ3) is 3.29. The van der Waals surface area contributed by atoms with Gasteiger partial charge >= 0.3 is 5.63 Å². The number of nitrogens with zero attached hydrogens (tertiary/aromatic N) is 1. The Hall–Kier alpha value is -3.38. The van der Waals surface area contributed by atoms with Crippen LogP contribution in [0.2, 0.25) is 0 Å². The van der Waals surface area contributed by atoms with Gasteiger partial charge in [0.05, 0.1) is 30.2 Å². The van der Waals surface area contributed by atoms with Gasteiger partial charge < -0.3 is 18.8 Å². The molecular weight excluding hydrogens is 382 g/mol. The summed E-state index contributed by atoms with van der Waals surface area (Å²) in [6.07, 6.45) is 1.62. The van der Waals surface area contributed by atoms with Gasteiger partial charge in [0.2, 0.25) is 5.91 Å². The molecule has 0 spiro atoms. The highest BCUT2D eigenvalue weighted by Gasteiger charge is 2.22. The van der Waals surface area contributed by atoms with Gasteiger partial charge in [0, 0.05) is 24.5 Å². The maximum Gasteiger partial charge on any atom is 0.340 e. The van der Waals surface area contributed by atoms with Crippen LogP contribution in [0.1, 0.15) is 16.7 Å². The topological polar surface area (TPSA) is 83.9 Å². The lowest BCUT2D eigenvalue weighted by Crippen LogP contribution is -2.32. The molecule has 0 atom stereocenters. The predicted molar refractivity (Wildman–Crippen MR) is 116 cm³/mol. The Labute approximate surface area is 173 Å². The summed E-state index contributed by atoms with van der Waals surface area (Å²) >= 11 is 0. The second kappa shape index (κ2) is 7.80. The van der Waals surface area contributed by atoms with E-state index in [1.165, 1.54) is 4.90 Å².